The molecule has 0 fully saturated rings. The largest absolute Gasteiger partial charge is 0.497 e. The van der Waals surface area contributed by atoms with Gasteiger partial charge in [0, 0.05) is 25.4 Å². The van der Waals surface area contributed by atoms with Crippen LogP contribution in [0, 0.1) is 0 Å². The minimum absolute atomic E-state index is 0.00401. The van der Waals surface area contributed by atoms with Gasteiger partial charge < -0.3 is 18.6 Å². The first-order valence-corrected chi connectivity index (χ1v) is 10.6. The van der Waals surface area contributed by atoms with Crippen LogP contribution < -0.4 is 19.6 Å². The number of hydrogen-bond acceptors (Lipinski definition) is 7. The van der Waals surface area contributed by atoms with E-state index in [2.05, 4.69) is 4.98 Å². The standard InChI is InChI=1S/C25H19F3N2O5/c1-32-16-6-4-7-17(11-16)34-23-21(31)18-8-9-20-19(22(18)35-24(23)25(26,27)28)13-30(14-33-20)12-15-5-2-3-10-29-15/h2-11H,12-14H2,1H3. The van der Waals surface area contributed by atoms with Crippen LogP contribution in [0.2, 0.25) is 0 Å². The molecule has 0 atom stereocenters. The van der Waals surface area contributed by atoms with Crippen molar-refractivity contribution in [2.45, 2.75) is 19.3 Å². The van der Waals surface area contributed by atoms with E-state index in [-0.39, 0.29) is 30.0 Å². The van der Waals surface area contributed by atoms with Gasteiger partial charge in [0.05, 0.1) is 23.8 Å². The van der Waals surface area contributed by atoms with Crippen LogP contribution in [-0.2, 0) is 19.3 Å². The van der Waals surface area contributed by atoms with Crippen molar-refractivity contribution >= 4 is 11.0 Å². The summed E-state index contributed by atoms with van der Waals surface area (Å²) in [5, 5.41) is -0.0436. The van der Waals surface area contributed by atoms with E-state index in [1.807, 2.05) is 17.0 Å². The Bertz CT molecular complexity index is 1440. The van der Waals surface area contributed by atoms with E-state index in [1.165, 1.54) is 31.4 Å². The second-order valence-electron chi connectivity index (χ2n) is 7.87. The third-order valence-corrected chi connectivity index (χ3v) is 5.49. The maximum absolute atomic E-state index is 14.0. The zero-order valence-electron chi connectivity index (χ0n) is 18.5. The number of pyridine rings is 1. The Balaban J connectivity index is 1.60. The minimum atomic E-state index is -4.98. The number of nitrogens with zero attached hydrogens (tertiary/aromatic N) is 2. The first-order valence-electron chi connectivity index (χ1n) is 10.6. The number of aromatic nitrogens is 1. The van der Waals surface area contributed by atoms with Gasteiger partial charge in [-0.2, -0.15) is 13.2 Å². The summed E-state index contributed by atoms with van der Waals surface area (Å²) in [5.41, 5.74) is -0.0130. The zero-order chi connectivity index (χ0) is 24.6. The molecular weight excluding hydrogens is 465 g/mol. The molecule has 3 heterocycles. The summed E-state index contributed by atoms with van der Waals surface area (Å²) in [6, 6.07) is 14.3. The smallest absolute Gasteiger partial charge is 0.453 e. The molecule has 0 bridgehead atoms. The summed E-state index contributed by atoms with van der Waals surface area (Å²) in [5.74, 6) is -1.74. The average molecular weight is 484 g/mol. The van der Waals surface area contributed by atoms with Gasteiger partial charge in [0.2, 0.25) is 11.2 Å². The molecule has 0 spiro atoms. The molecule has 0 amide bonds. The zero-order valence-corrected chi connectivity index (χ0v) is 18.5. The van der Waals surface area contributed by atoms with Crippen molar-refractivity contribution in [3.8, 4) is 23.0 Å². The van der Waals surface area contributed by atoms with Gasteiger partial charge in [-0.3, -0.25) is 14.7 Å². The quantitative estimate of drug-likeness (QED) is 0.378. The van der Waals surface area contributed by atoms with Gasteiger partial charge in [0.25, 0.3) is 5.76 Å². The maximum Gasteiger partial charge on any atom is 0.453 e. The van der Waals surface area contributed by atoms with Crippen molar-refractivity contribution in [3.63, 3.8) is 0 Å². The molecule has 2 aromatic heterocycles. The fourth-order valence-electron chi connectivity index (χ4n) is 3.88. The second-order valence-corrected chi connectivity index (χ2v) is 7.87. The highest BCUT2D eigenvalue weighted by Crippen LogP contribution is 2.41. The molecule has 0 saturated carbocycles. The van der Waals surface area contributed by atoms with Crippen molar-refractivity contribution in [3.05, 3.63) is 88.0 Å². The molecule has 1 aliphatic rings. The average Bonchev–Trinajstić information content (AvgIpc) is 2.85. The van der Waals surface area contributed by atoms with Crippen molar-refractivity contribution in [2.24, 2.45) is 0 Å². The van der Waals surface area contributed by atoms with Gasteiger partial charge in [-0.25, -0.2) is 0 Å². The van der Waals surface area contributed by atoms with Crippen LogP contribution in [0.5, 0.6) is 23.0 Å². The highest BCUT2D eigenvalue weighted by molar-refractivity contribution is 5.84. The Morgan fingerprint density at radius 3 is 2.66 bits per heavy atom. The van der Waals surface area contributed by atoms with Crippen LogP contribution in [0.1, 0.15) is 17.0 Å². The first-order chi connectivity index (χ1) is 16.8. The number of halogens is 3. The van der Waals surface area contributed by atoms with Gasteiger partial charge in [-0.1, -0.05) is 12.1 Å². The summed E-state index contributed by atoms with van der Waals surface area (Å²) >= 11 is 0. The van der Waals surface area contributed by atoms with E-state index in [1.54, 1.807) is 24.4 Å². The SMILES string of the molecule is COc1cccc(Oc2c(C(F)(F)F)oc3c4c(ccc3c2=O)OCN(Cc2ccccn2)C4)c1. The van der Waals surface area contributed by atoms with Crippen LogP contribution in [0.15, 0.2) is 70.0 Å². The van der Waals surface area contributed by atoms with Gasteiger partial charge in [-0.15, -0.1) is 0 Å². The molecule has 180 valence electrons. The lowest BCUT2D eigenvalue weighted by Gasteiger charge is -2.29. The number of alkyl halides is 3. The van der Waals surface area contributed by atoms with Gasteiger partial charge in [-0.05, 0) is 36.4 Å². The molecule has 2 aromatic carbocycles. The fourth-order valence-corrected chi connectivity index (χ4v) is 3.88. The molecular formula is C25H19F3N2O5. The molecule has 0 radical (unpaired) electrons. The third-order valence-electron chi connectivity index (χ3n) is 5.49. The number of benzene rings is 2. The van der Waals surface area contributed by atoms with E-state index in [0.29, 0.717) is 23.6 Å². The summed E-state index contributed by atoms with van der Waals surface area (Å²) in [4.78, 5) is 19.3. The van der Waals surface area contributed by atoms with Crippen molar-refractivity contribution in [1.82, 2.24) is 9.88 Å². The predicted octanol–water partition coefficient (Wildman–Crippen LogP) is 5.36. The summed E-state index contributed by atoms with van der Waals surface area (Å²) < 4.78 is 63.6. The predicted molar refractivity (Wildman–Crippen MR) is 120 cm³/mol. The molecule has 0 aliphatic carbocycles. The highest BCUT2D eigenvalue weighted by atomic mass is 19.4. The van der Waals surface area contributed by atoms with Gasteiger partial charge >= 0.3 is 6.18 Å². The monoisotopic (exact) mass is 484 g/mol. The number of hydrogen-bond donors (Lipinski definition) is 0. The number of methoxy groups -OCH3 is 1. The number of rotatable bonds is 5. The Labute approximate surface area is 197 Å². The van der Waals surface area contributed by atoms with E-state index < -0.39 is 23.1 Å². The molecule has 4 aromatic rings. The van der Waals surface area contributed by atoms with Gasteiger partial charge in [0.1, 0.15) is 29.6 Å². The van der Waals surface area contributed by atoms with E-state index in [4.69, 9.17) is 18.6 Å². The lowest BCUT2D eigenvalue weighted by molar-refractivity contribution is -0.154. The Morgan fingerprint density at radius 2 is 1.91 bits per heavy atom. The lowest BCUT2D eigenvalue weighted by Crippen LogP contribution is -2.32. The molecule has 5 rings (SSSR count). The van der Waals surface area contributed by atoms with Gasteiger partial charge in [0.15, 0.2) is 0 Å². The molecule has 0 saturated heterocycles. The third kappa shape index (κ3) is 4.52. The Morgan fingerprint density at radius 1 is 1.09 bits per heavy atom. The van der Waals surface area contributed by atoms with Crippen LogP contribution in [0.25, 0.3) is 11.0 Å². The van der Waals surface area contributed by atoms with E-state index >= 15 is 0 Å². The molecule has 1 aliphatic heterocycles. The molecule has 35 heavy (non-hydrogen) atoms. The summed E-state index contributed by atoms with van der Waals surface area (Å²) in [7, 11) is 1.41. The lowest BCUT2D eigenvalue weighted by atomic mass is 10.1. The Kier molecular flexibility index (Phi) is 5.81. The van der Waals surface area contributed by atoms with Crippen molar-refractivity contribution in [1.29, 1.82) is 0 Å². The second kappa shape index (κ2) is 8.95. The first kappa shape index (κ1) is 22.7. The molecule has 7 nitrogen and oxygen atoms in total. The topological polar surface area (TPSA) is 74.0 Å². The number of fused-ring (bicyclic) bond motifs is 3. The molecule has 0 unspecified atom stereocenters. The molecule has 10 heteroatoms. The van der Waals surface area contributed by atoms with Crippen molar-refractivity contribution < 1.29 is 31.8 Å². The number of ether oxygens (including phenoxy) is 3. The Hall–Kier alpha value is -4.05. The fraction of sp³-hybridized carbons (Fsp3) is 0.200. The molecule has 0 N–H and O–H groups in total. The summed E-state index contributed by atoms with van der Waals surface area (Å²) in [6.45, 7) is 0.826. The van der Waals surface area contributed by atoms with E-state index in [0.717, 1.165) is 5.69 Å². The van der Waals surface area contributed by atoms with Crippen LogP contribution >= 0.6 is 0 Å². The summed E-state index contributed by atoms with van der Waals surface area (Å²) in [6.07, 6.45) is -3.32. The van der Waals surface area contributed by atoms with Crippen molar-refractivity contribution in [2.75, 3.05) is 13.8 Å². The minimum Gasteiger partial charge on any atom is -0.497 e. The highest BCUT2D eigenvalue weighted by Gasteiger charge is 2.41. The normalized spacial score (nSPS) is 13.8. The van der Waals surface area contributed by atoms with Crippen LogP contribution in [0.3, 0.4) is 0 Å². The van der Waals surface area contributed by atoms with E-state index in [9.17, 15) is 18.0 Å². The maximum atomic E-state index is 14.0. The van der Waals surface area contributed by atoms with Crippen LogP contribution in [0.4, 0.5) is 13.2 Å². The van der Waals surface area contributed by atoms with Crippen LogP contribution in [-0.4, -0.2) is 23.7 Å².